The third-order valence-corrected chi connectivity index (χ3v) is 2.16. The number of rotatable bonds is 4. The summed E-state index contributed by atoms with van der Waals surface area (Å²) in [6, 6.07) is 6.55. The van der Waals surface area contributed by atoms with Gasteiger partial charge in [-0.3, -0.25) is 15.0 Å². The maximum Gasteiger partial charge on any atom is 0.265 e. The first kappa shape index (κ1) is 13.2. The number of carbonyl (C=O) groups excluding carboxylic acids is 2. The second-order valence-corrected chi connectivity index (χ2v) is 4.20. The molecule has 0 unspecified atom stereocenters. The smallest absolute Gasteiger partial charge is 0.265 e. The van der Waals surface area contributed by atoms with Crippen LogP contribution in [0.1, 0.15) is 30.6 Å². The monoisotopic (exact) mass is 235 g/mol. The van der Waals surface area contributed by atoms with Crippen LogP contribution in [0.25, 0.3) is 0 Å². The molecule has 1 aromatic carbocycles. The van der Waals surface area contributed by atoms with Crippen LogP contribution in [0.2, 0.25) is 0 Å². The average Bonchev–Trinajstić information content (AvgIpc) is 2.28. The zero-order valence-corrected chi connectivity index (χ0v) is 9.99. The van der Waals surface area contributed by atoms with Crippen molar-refractivity contribution in [3.8, 4) is 0 Å². The summed E-state index contributed by atoms with van der Waals surface area (Å²) in [5.74, 6) is 4.94. The number of hydrogen-bond acceptors (Lipinski definition) is 3. The van der Waals surface area contributed by atoms with Gasteiger partial charge < -0.3 is 5.32 Å². The fraction of sp³-hybridized carbons (Fsp3) is 0.333. The molecule has 4 N–H and O–H groups in total. The van der Waals surface area contributed by atoms with Crippen molar-refractivity contribution in [1.29, 1.82) is 0 Å². The molecule has 0 fully saturated rings. The molecule has 0 saturated heterocycles. The minimum atomic E-state index is -0.356. The van der Waals surface area contributed by atoms with Gasteiger partial charge in [0.2, 0.25) is 5.91 Å². The molecule has 0 radical (unpaired) electrons. The molecule has 0 aromatic heterocycles. The molecule has 0 atom stereocenters. The van der Waals surface area contributed by atoms with Gasteiger partial charge in [0.05, 0.1) is 0 Å². The van der Waals surface area contributed by atoms with Crippen molar-refractivity contribution < 1.29 is 9.59 Å². The summed E-state index contributed by atoms with van der Waals surface area (Å²) in [5.41, 5.74) is 3.17. The van der Waals surface area contributed by atoms with Crippen molar-refractivity contribution in [2.24, 2.45) is 11.8 Å². The lowest BCUT2D eigenvalue weighted by atomic mass is 10.1. The van der Waals surface area contributed by atoms with Crippen molar-refractivity contribution >= 4 is 17.5 Å². The molecular weight excluding hydrogens is 218 g/mol. The normalized spacial score (nSPS) is 10.1. The second kappa shape index (κ2) is 6.00. The Hall–Kier alpha value is -1.88. The van der Waals surface area contributed by atoms with E-state index in [1.807, 2.05) is 19.3 Å². The zero-order chi connectivity index (χ0) is 12.8. The predicted octanol–water partition coefficient (Wildman–Crippen LogP) is 1.27. The van der Waals surface area contributed by atoms with Crippen LogP contribution in [-0.2, 0) is 4.79 Å². The first-order valence-corrected chi connectivity index (χ1v) is 5.43. The molecule has 0 aliphatic carbocycles. The van der Waals surface area contributed by atoms with Crippen molar-refractivity contribution in [1.82, 2.24) is 5.43 Å². The first-order valence-electron chi connectivity index (χ1n) is 5.43. The summed E-state index contributed by atoms with van der Waals surface area (Å²) >= 11 is 0. The van der Waals surface area contributed by atoms with E-state index in [-0.39, 0.29) is 11.8 Å². The summed E-state index contributed by atoms with van der Waals surface area (Å²) in [5, 5.41) is 2.76. The van der Waals surface area contributed by atoms with E-state index in [1.165, 1.54) is 0 Å². The SMILES string of the molecule is CC(C)CC(=O)Nc1ccc(C(=O)NN)cc1. The fourth-order valence-corrected chi connectivity index (χ4v) is 1.37. The van der Waals surface area contributed by atoms with E-state index >= 15 is 0 Å². The topological polar surface area (TPSA) is 84.2 Å². The Kier molecular flexibility index (Phi) is 4.66. The molecule has 0 heterocycles. The Morgan fingerprint density at radius 3 is 2.29 bits per heavy atom. The number of carbonyl (C=O) groups is 2. The van der Waals surface area contributed by atoms with Gasteiger partial charge in [-0.25, -0.2) is 5.84 Å². The van der Waals surface area contributed by atoms with Gasteiger partial charge in [-0.15, -0.1) is 0 Å². The van der Waals surface area contributed by atoms with E-state index in [0.717, 1.165) is 0 Å². The fourth-order valence-electron chi connectivity index (χ4n) is 1.37. The summed E-state index contributed by atoms with van der Waals surface area (Å²) < 4.78 is 0. The van der Waals surface area contributed by atoms with Crippen molar-refractivity contribution in [2.45, 2.75) is 20.3 Å². The lowest BCUT2D eigenvalue weighted by Gasteiger charge is -2.07. The standard InChI is InChI=1S/C12H17N3O2/c1-8(2)7-11(16)14-10-5-3-9(4-6-10)12(17)15-13/h3-6,8H,7,13H2,1-2H3,(H,14,16)(H,15,17). The van der Waals surface area contributed by atoms with Crippen LogP contribution in [0, 0.1) is 5.92 Å². The van der Waals surface area contributed by atoms with Gasteiger partial charge in [-0.1, -0.05) is 13.8 Å². The van der Waals surface area contributed by atoms with Crippen LogP contribution in [0.4, 0.5) is 5.69 Å². The van der Waals surface area contributed by atoms with Gasteiger partial charge in [0, 0.05) is 17.7 Å². The van der Waals surface area contributed by atoms with E-state index < -0.39 is 0 Å². The number of benzene rings is 1. The number of hydrogen-bond donors (Lipinski definition) is 3. The molecule has 2 amide bonds. The van der Waals surface area contributed by atoms with E-state index in [4.69, 9.17) is 5.84 Å². The molecule has 0 saturated carbocycles. The molecule has 0 bridgehead atoms. The molecule has 1 aromatic rings. The molecule has 0 aliphatic rings. The van der Waals surface area contributed by atoms with E-state index in [9.17, 15) is 9.59 Å². The predicted molar refractivity (Wildman–Crippen MR) is 66.2 cm³/mol. The molecule has 1 rings (SSSR count). The quantitative estimate of drug-likeness (QED) is 0.417. The zero-order valence-electron chi connectivity index (χ0n) is 9.99. The van der Waals surface area contributed by atoms with E-state index in [1.54, 1.807) is 24.3 Å². The summed E-state index contributed by atoms with van der Waals surface area (Å²) in [4.78, 5) is 22.7. The number of nitrogens with two attached hydrogens (primary N) is 1. The molecule has 0 spiro atoms. The summed E-state index contributed by atoms with van der Waals surface area (Å²) in [6.07, 6.45) is 0.477. The average molecular weight is 235 g/mol. The van der Waals surface area contributed by atoms with Crippen LogP contribution >= 0.6 is 0 Å². The van der Waals surface area contributed by atoms with Crippen LogP contribution in [0.5, 0.6) is 0 Å². The number of anilines is 1. The highest BCUT2D eigenvalue weighted by Gasteiger charge is 2.06. The van der Waals surface area contributed by atoms with Crippen molar-refractivity contribution in [3.63, 3.8) is 0 Å². The largest absolute Gasteiger partial charge is 0.326 e. The second-order valence-electron chi connectivity index (χ2n) is 4.20. The molecule has 5 heteroatoms. The first-order chi connectivity index (χ1) is 8.02. The Balaban J connectivity index is 2.62. The highest BCUT2D eigenvalue weighted by atomic mass is 16.2. The van der Waals surface area contributed by atoms with Gasteiger partial charge in [0.25, 0.3) is 5.91 Å². The molecule has 17 heavy (non-hydrogen) atoms. The Labute approximate surface area is 100 Å². The summed E-state index contributed by atoms with van der Waals surface area (Å²) in [6.45, 7) is 3.96. The van der Waals surface area contributed by atoms with Crippen molar-refractivity contribution in [2.75, 3.05) is 5.32 Å². The minimum Gasteiger partial charge on any atom is -0.326 e. The van der Waals surface area contributed by atoms with Crippen LogP contribution in [-0.4, -0.2) is 11.8 Å². The highest BCUT2D eigenvalue weighted by molar-refractivity contribution is 5.95. The maximum absolute atomic E-state index is 11.5. The molecule has 5 nitrogen and oxygen atoms in total. The van der Waals surface area contributed by atoms with Gasteiger partial charge >= 0.3 is 0 Å². The Morgan fingerprint density at radius 1 is 1.24 bits per heavy atom. The van der Waals surface area contributed by atoms with E-state index in [2.05, 4.69) is 5.32 Å². The van der Waals surface area contributed by atoms with Crippen LogP contribution in [0.3, 0.4) is 0 Å². The lowest BCUT2D eigenvalue weighted by Crippen LogP contribution is -2.29. The Morgan fingerprint density at radius 2 is 1.82 bits per heavy atom. The molecule has 0 aliphatic heterocycles. The maximum atomic E-state index is 11.5. The highest BCUT2D eigenvalue weighted by Crippen LogP contribution is 2.11. The number of nitrogen functional groups attached to an aromatic ring is 1. The third kappa shape index (κ3) is 4.24. The number of amides is 2. The van der Waals surface area contributed by atoms with Gasteiger partial charge in [-0.2, -0.15) is 0 Å². The number of nitrogens with one attached hydrogen (secondary N) is 2. The molecular formula is C12H17N3O2. The minimum absolute atomic E-state index is 0.0315. The number of hydrazine groups is 1. The van der Waals surface area contributed by atoms with Gasteiger partial charge in [0.1, 0.15) is 0 Å². The summed E-state index contributed by atoms with van der Waals surface area (Å²) in [7, 11) is 0. The van der Waals surface area contributed by atoms with Gasteiger partial charge in [-0.05, 0) is 30.2 Å². The Bertz CT molecular complexity index is 399. The third-order valence-electron chi connectivity index (χ3n) is 2.16. The van der Waals surface area contributed by atoms with Crippen LogP contribution < -0.4 is 16.6 Å². The van der Waals surface area contributed by atoms with Crippen molar-refractivity contribution in [3.05, 3.63) is 29.8 Å². The van der Waals surface area contributed by atoms with E-state index in [0.29, 0.717) is 23.6 Å². The molecule has 92 valence electrons. The lowest BCUT2D eigenvalue weighted by molar-refractivity contribution is -0.116. The van der Waals surface area contributed by atoms with Gasteiger partial charge in [0.15, 0.2) is 0 Å². The van der Waals surface area contributed by atoms with Crippen LogP contribution in [0.15, 0.2) is 24.3 Å².